The molecule has 0 heterocycles. The van der Waals surface area contributed by atoms with Gasteiger partial charge in [-0.05, 0) is 6.42 Å². The molecule has 0 aromatic rings. The van der Waals surface area contributed by atoms with Crippen LogP contribution in [0.15, 0.2) is 0 Å². The minimum atomic E-state index is -0.644. The van der Waals surface area contributed by atoms with E-state index in [1.54, 1.807) is 21.6 Å². The molecule has 0 spiro atoms. The Morgan fingerprint density at radius 1 is 0.700 bits per heavy atom. The molecular weight excluding hydrogens is 328 g/mol. The third-order valence-corrected chi connectivity index (χ3v) is 8.55. The third-order valence-electron chi connectivity index (χ3n) is 2.92. The first kappa shape index (κ1) is 21.0. The molecule has 0 aromatic carbocycles. The third kappa shape index (κ3) is 15.4. The van der Waals surface area contributed by atoms with Crippen molar-refractivity contribution in [1.29, 1.82) is 0 Å². The topological polar surface area (TPSA) is 34.1 Å². The van der Waals surface area contributed by atoms with Crippen LogP contribution in [0.4, 0.5) is 0 Å². The minimum absolute atomic E-state index is 0.637. The van der Waals surface area contributed by atoms with E-state index in [9.17, 15) is 8.42 Å². The zero-order valence-electron chi connectivity index (χ0n) is 12.9. The SMILES string of the molecule is CCCCCCCCS(=O)CCSSCCS(=O)CC. The average molecular weight is 359 g/mol. The van der Waals surface area contributed by atoms with Crippen molar-refractivity contribution in [1.82, 2.24) is 0 Å². The summed E-state index contributed by atoms with van der Waals surface area (Å²) in [5.74, 6) is 5.12. The van der Waals surface area contributed by atoms with Gasteiger partial charge < -0.3 is 0 Å². The van der Waals surface area contributed by atoms with Crippen LogP contribution >= 0.6 is 21.6 Å². The normalized spacial score (nSPS) is 14.3. The Morgan fingerprint density at radius 2 is 1.25 bits per heavy atom. The monoisotopic (exact) mass is 358 g/mol. The van der Waals surface area contributed by atoms with Crippen molar-refractivity contribution in [2.24, 2.45) is 0 Å². The van der Waals surface area contributed by atoms with Crippen molar-refractivity contribution in [2.45, 2.75) is 52.4 Å². The fourth-order valence-electron chi connectivity index (χ4n) is 1.66. The summed E-state index contributed by atoms with van der Waals surface area (Å²) >= 11 is 0. The molecule has 0 aliphatic carbocycles. The highest BCUT2D eigenvalue weighted by molar-refractivity contribution is 8.76. The Morgan fingerprint density at radius 3 is 1.85 bits per heavy atom. The molecule has 0 saturated carbocycles. The maximum Gasteiger partial charge on any atom is 0.0334 e. The van der Waals surface area contributed by atoms with Crippen LogP contribution in [-0.4, -0.2) is 42.9 Å². The standard InChI is InChI=1S/C14H30O2S4/c1-3-5-6-7-8-9-12-20(16)14-11-18-17-10-13-19(15)4-2/h3-14H2,1-2H3. The minimum Gasteiger partial charge on any atom is -0.260 e. The van der Waals surface area contributed by atoms with Crippen molar-refractivity contribution in [2.75, 3.05) is 34.5 Å². The lowest BCUT2D eigenvalue weighted by Gasteiger charge is -2.03. The summed E-state index contributed by atoms with van der Waals surface area (Å²) in [5, 5.41) is 0. The van der Waals surface area contributed by atoms with Crippen LogP contribution < -0.4 is 0 Å². The van der Waals surface area contributed by atoms with Gasteiger partial charge >= 0.3 is 0 Å². The molecule has 0 fully saturated rings. The summed E-state index contributed by atoms with van der Waals surface area (Å²) in [5.41, 5.74) is 0. The van der Waals surface area contributed by atoms with E-state index in [1.165, 1.54) is 32.1 Å². The van der Waals surface area contributed by atoms with E-state index in [0.29, 0.717) is 0 Å². The van der Waals surface area contributed by atoms with Gasteiger partial charge in [0, 0.05) is 56.1 Å². The quantitative estimate of drug-likeness (QED) is 0.324. The van der Waals surface area contributed by atoms with Gasteiger partial charge in [-0.3, -0.25) is 8.42 Å². The lowest BCUT2D eigenvalue weighted by molar-refractivity contribution is 0.622. The van der Waals surface area contributed by atoms with Gasteiger partial charge in [0.1, 0.15) is 0 Å². The molecule has 2 unspecified atom stereocenters. The fraction of sp³-hybridized carbons (Fsp3) is 1.00. The Kier molecular flexibility index (Phi) is 17.2. The molecule has 2 nitrogen and oxygen atoms in total. The smallest absolute Gasteiger partial charge is 0.0334 e. The van der Waals surface area contributed by atoms with Crippen LogP contribution in [0.25, 0.3) is 0 Å². The molecule has 0 aliphatic heterocycles. The molecule has 0 saturated heterocycles. The van der Waals surface area contributed by atoms with Crippen LogP contribution in [0.2, 0.25) is 0 Å². The molecule has 20 heavy (non-hydrogen) atoms. The number of hydrogen-bond donors (Lipinski definition) is 0. The summed E-state index contributed by atoms with van der Waals surface area (Å²) in [6, 6.07) is 0. The van der Waals surface area contributed by atoms with Crippen LogP contribution in [0, 0.1) is 0 Å². The predicted octanol–water partition coefficient (Wildman–Crippen LogP) is 4.25. The second kappa shape index (κ2) is 16.4. The highest BCUT2D eigenvalue weighted by Crippen LogP contribution is 2.20. The number of rotatable bonds is 15. The Bertz CT molecular complexity index is 260. The molecule has 0 aliphatic rings. The Hall–Kier alpha value is 1.000. The highest BCUT2D eigenvalue weighted by Gasteiger charge is 2.01. The first-order valence-corrected chi connectivity index (χ1v) is 13.1. The maximum atomic E-state index is 11.8. The van der Waals surface area contributed by atoms with Gasteiger partial charge in [-0.15, -0.1) is 0 Å². The largest absolute Gasteiger partial charge is 0.260 e. The van der Waals surface area contributed by atoms with Crippen LogP contribution in [0.1, 0.15) is 52.4 Å². The van der Waals surface area contributed by atoms with Crippen molar-refractivity contribution >= 4 is 43.2 Å². The van der Waals surface area contributed by atoms with Crippen LogP contribution in [0.3, 0.4) is 0 Å². The highest BCUT2D eigenvalue weighted by atomic mass is 33.1. The maximum absolute atomic E-state index is 11.8. The zero-order chi connectivity index (χ0) is 15.1. The molecule has 0 radical (unpaired) electrons. The molecule has 122 valence electrons. The molecule has 0 amide bonds. The number of unbranched alkanes of at least 4 members (excludes halogenated alkanes) is 5. The van der Waals surface area contributed by atoms with E-state index < -0.39 is 21.6 Å². The van der Waals surface area contributed by atoms with Gasteiger partial charge in [0.25, 0.3) is 0 Å². The van der Waals surface area contributed by atoms with E-state index in [1.807, 2.05) is 6.92 Å². The lowest BCUT2D eigenvalue weighted by atomic mass is 10.1. The summed E-state index contributed by atoms with van der Waals surface area (Å²) in [4.78, 5) is 0. The zero-order valence-corrected chi connectivity index (χ0v) is 16.2. The van der Waals surface area contributed by atoms with E-state index in [2.05, 4.69) is 6.92 Å². The molecule has 0 bridgehead atoms. The second-order valence-electron chi connectivity index (χ2n) is 4.69. The van der Waals surface area contributed by atoms with Gasteiger partial charge in [-0.25, -0.2) is 0 Å². The van der Waals surface area contributed by atoms with Crippen LogP contribution in [-0.2, 0) is 21.6 Å². The van der Waals surface area contributed by atoms with Crippen LogP contribution in [0.5, 0.6) is 0 Å². The average Bonchev–Trinajstić information content (AvgIpc) is 2.46. The predicted molar refractivity (Wildman–Crippen MR) is 99.7 cm³/mol. The fourth-order valence-corrected chi connectivity index (χ4v) is 6.88. The van der Waals surface area contributed by atoms with E-state index in [4.69, 9.17) is 0 Å². The van der Waals surface area contributed by atoms with E-state index in [-0.39, 0.29) is 0 Å². The first-order valence-electron chi connectivity index (χ1n) is 7.65. The molecule has 6 heteroatoms. The molecule has 2 atom stereocenters. The first-order chi connectivity index (χ1) is 9.70. The summed E-state index contributed by atoms with van der Waals surface area (Å²) < 4.78 is 23.0. The van der Waals surface area contributed by atoms with Gasteiger partial charge in [0.05, 0.1) is 0 Å². The Balaban J connectivity index is 3.22. The van der Waals surface area contributed by atoms with Gasteiger partial charge in [-0.2, -0.15) is 0 Å². The van der Waals surface area contributed by atoms with Gasteiger partial charge in [0.15, 0.2) is 0 Å². The summed E-state index contributed by atoms with van der Waals surface area (Å²) in [6.45, 7) is 4.18. The van der Waals surface area contributed by atoms with Gasteiger partial charge in [-0.1, -0.05) is 67.5 Å². The molecule has 0 N–H and O–H groups in total. The Labute approximate surface area is 138 Å². The second-order valence-corrected chi connectivity index (χ2v) is 11.0. The molecular formula is C14H30O2S4. The van der Waals surface area contributed by atoms with Gasteiger partial charge in [0.2, 0.25) is 0 Å². The van der Waals surface area contributed by atoms with Crippen molar-refractivity contribution in [3.05, 3.63) is 0 Å². The van der Waals surface area contributed by atoms with Crippen molar-refractivity contribution < 1.29 is 8.42 Å². The molecule has 0 rings (SSSR count). The van der Waals surface area contributed by atoms with E-state index in [0.717, 1.165) is 40.9 Å². The van der Waals surface area contributed by atoms with E-state index >= 15 is 0 Å². The number of hydrogen-bond acceptors (Lipinski definition) is 4. The molecule has 0 aromatic heterocycles. The van der Waals surface area contributed by atoms with Crippen molar-refractivity contribution in [3.63, 3.8) is 0 Å². The summed E-state index contributed by atoms with van der Waals surface area (Å²) in [7, 11) is 2.26. The van der Waals surface area contributed by atoms with Crippen molar-refractivity contribution in [3.8, 4) is 0 Å². The summed E-state index contributed by atoms with van der Waals surface area (Å²) in [6.07, 6.45) is 7.59. The lowest BCUT2D eigenvalue weighted by Crippen LogP contribution is -2.05.